The minimum atomic E-state index is -0.874. The monoisotopic (exact) mass is 453 g/mol. The number of aryl methyl sites for hydroxylation is 1. The second kappa shape index (κ2) is 8.23. The molecular weight excluding hydrogens is 433 g/mol. The molecule has 1 amide bonds. The lowest BCUT2D eigenvalue weighted by molar-refractivity contribution is -0.119. The fourth-order valence-corrected chi connectivity index (χ4v) is 3.29. The highest BCUT2D eigenvalue weighted by atomic mass is 127. The van der Waals surface area contributed by atoms with Gasteiger partial charge in [-0.25, -0.2) is 4.79 Å². The summed E-state index contributed by atoms with van der Waals surface area (Å²) in [5.41, 5.74) is -0.737. The van der Waals surface area contributed by atoms with E-state index in [0.29, 0.717) is 18.4 Å². The van der Waals surface area contributed by atoms with Crippen LogP contribution in [0.2, 0.25) is 0 Å². The average molecular weight is 453 g/mol. The van der Waals surface area contributed by atoms with Crippen molar-refractivity contribution >= 4 is 28.5 Å². The lowest BCUT2D eigenvalue weighted by atomic mass is 10.1. The van der Waals surface area contributed by atoms with E-state index in [-0.39, 0.29) is 23.0 Å². The van der Waals surface area contributed by atoms with Crippen LogP contribution in [0.25, 0.3) is 0 Å². The van der Waals surface area contributed by atoms with E-state index < -0.39 is 29.7 Å². The summed E-state index contributed by atoms with van der Waals surface area (Å²) >= 11 is 2.06. The van der Waals surface area contributed by atoms with Crippen molar-refractivity contribution in [3.63, 3.8) is 0 Å². The van der Waals surface area contributed by atoms with Crippen LogP contribution in [0.3, 0.4) is 0 Å². The smallest absolute Gasteiger partial charge is 0.330 e. The molecule has 2 rings (SSSR count). The van der Waals surface area contributed by atoms with Crippen LogP contribution < -0.4 is 16.6 Å². The molecular formula is C14H20IN3O6. The summed E-state index contributed by atoms with van der Waals surface area (Å²) in [4.78, 5) is 37.2. The van der Waals surface area contributed by atoms with Gasteiger partial charge < -0.3 is 20.3 Å². The topological polar surface area (TPSA) is 134 Å². The van der Waals surface area contributed by atoms with Gasteiger partial charge in [0, 0.05) is 25.1 Å². The number of halogens is 1. The Bertz CT molecular complexity index is 702. The minimum absolute atomic E-state index is 0.136. The van der Waals surface area contributed by atoms with Gasteiger partial charge in [-0.15, -0.1) is 0 Å². The van der Waals surface area contributed by atoms with Gasteiger partial charge in [-0.1, -0.05) is 22.6 Å². The maximum absolute atomic E-state index is 12.0. The molecule has 10 heteroatoms. The Morgan fingerprint density at radius 2 is 2.29 bits per heavy atom. The van der Waals surface area contributed by atoms with E-state index >= 15 is 0 Å². The Morgan fingerprint density at radius 1 is 1.58 bits per heavy atom. The average Bonchev–Trinajstić information content (AvgIpc) is 2.86. The van der Waals surface area contributed by atoms with E-state index in [2.05, 4.69) is 32.9 Å². The molecule has 0 bridgehead atoms. The predicted octanol–water partition coefficient (Wildman–Crippen LogP) is -0.993. The number of carbonyl (C=O) groups excluding carboxylic acids is 1. The van der Waals surface area contributed by atoms with Gasteiger partial charge in [0.15, 0.2) is 0 Å². The molecule has 0 aliphatic carbocycles. The molecule has 0 spiro atoms. The molecule has 0 aromatic carbocycles. The maximum Gasteiger partial charge on any atom is 0.330 e. The predicted molar refractivity (Wildman–Crippen MR) is 92.9 cm³/mol. The fraction of sp³-hybridized carbons (Fsp3) is 0.643. The van der Waals surface area contributed by atoms with Gasteiger partial charge in [-0.3, -0.25) is 19.1 Å². The van der Waals surface area contributed by atoms with Crippen molar-refractivity contribution in [2.45, 2.75) is 48.7 Å². The second-order valence-corrected chi connectivity index (χ2v) is 7.15. The Labute approximate surface area is 151 Å². The first-order valence-corrected chi connectivity index (χ1v) is 8.76. The quantitative estimate of drug-likeness (QED) is 0.248. The van der Waals surface area contributed by atoms with Crippen LogP contribution in [-0.4, -0.2) is 48.5 Å². The van der Waals surface area contributed by atoms with Crippen molar-refractivity contribution in [1.82, 2.24) is 14.9 Å². The van der Waals surface area contributed by atoms with Crippen molar-refractivity contribution in [3.05, 3.63) is 32.6 Å². The van der Waals surface area contributed by atoms with Gasteiger partial charge in [0.05, 0.1) is 16.8 Å². The summed E-state index contributed by atoms with van der Waals surface area (Å²) in [6, 6.07) is 0. The molecule has 1 fully saturated rings. The van der Waals surface area contributed by atoms with Gasteiger partial charge in [0.25, 0.3) is 5.56 Å². The third-order valence-electron chi connectivity index (χ3n) is 3.76. The molecule has 2 heterocycles. The van der Waals surface area contributed by atoms with Gasteiger partial charge in [0.1, 0.15) is 12.3 Å². The highest BCUT2D eigenvalue weighted by Gasteiger charge is 2.35. The van der Waals surface area contributed by atoms with E-state index in [4.69, 9.17) is 9.84 Å². The van der Waals surface area contributed by atoms with Crippen LogP contribution in [-0.2, 0) is 16.0 Å². The number of aliphatic hydroxyl groups is 2. The number of H-pyrrole nitrogens is 1. The van der Waals surface area contributed by atoms with Gasteiger partial charge in [-0.05, 0) is 12.8 Å². The van der Waals surface area contributed by atoms with Crippen molar-refractivity contribution in [1.29, 1.82) is 0 Å². The Kier molecular flexibility index (Phi) is 6.54. The Hall–Kier alpha value is -1.24. The number of aromatic amines is 1. The van der Waals surface area contributed by atoms with Gasteiger partial charge in [0.2, 0.25) is 5.91 Å². The van der Waals surface area contributed by atoms with E-state index in [1.54, 1.807) is 0 Å². The first-order chi connectivity index (χ1) is 11.3. The molecule has 134 valence electrons. The number of hydrogen-bond acceptors (Lipinski definition) is 6. The highest BCUT2D eigenvalue weighted by Crippen LogP contribution is 2.27. The minimum Gasteiger partial charge on any atom is -0.394 e. The van der Waals surface area contributed by atoms with E-state index in [9.17, 15) is 19.5 Å². The van der Waals surface area contributed by atoms with E-state index in [1.165, 1.54) is 17.7 Å². The van der Waals surface area contributed by atoms with Crippen LogP contribution in [0.4, 0.5) is 0 Å². The van der Waals surface area contributed by atoms with Crippen LogP contribution in [0.15, 0.2) is 15.8 Å². The largest absolute Gasteiger partial charge is 0.394 e. The van der Waals surface area contributed by atoms with E-state index in [0.717, 1.165) is 0 Å². The summed E-state index contributed by atoms with van der Waals surface area (Å²) in [5.74, 6) is -0.156. The molecule has 4 atom stereocenters. The first kappa shape index (κ1) is 19.1. The zero-order valence-corrected chi connectivity index (χ0v) is 15.2. The molecule has 1 aromatic rings. The number of aromatic nitrogens is 2. The van der Waals surface area contributed by atoms with Gasteiger partial charge in [-0.2, -0.15) is 0 Å². The lowest BCUT2D eigenvalue weighted by Gasteiger charge is -2.16. The highest BCUT2D eigenvalue weighted by molar-refractivity contribution is 14.1. The van der Waals surface area contributed by atoms with Crippen LogP contribution in [0.5, 0.6) is 0 Å². The number of alkyl halides is 1. The van der Waals surface area contributed by atoms with Crippen molar-refractivity contribution < 1.29 is 19.7 Å². The second-order valence-electron chi connectivity index (χ2n) is 5.64. The zero-order valence-electron chi connectivity index (χ0n) is 13.1. The summed E-state index contributed by atoms with van der Waals surface area (Å²) in [7, 11) is 0. The molecule has 0 saturated carbocycles. The number of rotatable bonds is 6. The van der Waals surface area contributed by atoms with Crippen LogP contribution in [0, 0.1) is 0 Å². The van der Waals surface area contributed by atoms with Crippen molar-refractivity contribution in [2.75, 3.05) is 6.61 Å². The molecule has 1 aliphatic heterocycles. The molecule has 4 N–H and O–H groups in total. The number of carbonyl (C=O) groups is 1. The Balaban J connectivity index is 2.15. The number of amides is 1. The molecule has 24 heavy (non-hydrogen) atoms. The molecule has 1 unspecified atom stereocenters. The molecule has 1 aromatic heterocycles. The summed E-state index contributed by atoms with van der Waals surface area (Å²) in [5, 5.41) is 21.6. The number of nitrogens with one attached hydrogen (secondary N) is 2. The fourth-order valence-electron chi connectivity index (χ4n) is 2.54. The first-order valence-electron chi connectivity index (χ1n) is 7.51. The number of aliphatic hydroxyl groups excluding tert-OH is 2. The molecule has 9 nitrogen and oxygen atoms in total. The van der Waals surface area contributed by atoms with Crippen molar-refractivity contribution in [3.8, 4) is 0 Å². The third-order valence-corrected chi connectivity index (χ3v) is 4.70. The molecule has 1 aliphatic rings. The summed E-state index contributed by atoms with van der Waals surface area (Å²) < 4.78 is 6.53. The molecule has 1 saturated heterocycles. The number of hydrogen-bond donors (Lipinski definition) is 4. The summed E-state index contributed by atoms with van der Waals surface area (Å²) in [6.45, 7) is 1.06. The standard InChI is InChI=1S/C14H20IN3O6/c1-7(20)16-11(15)3-2-8-5-18(14(23)17-13(8)22)12-4-9(21)10(6-19)24-12/h5,9-12,19,21H,2-4,6H2,1H3,(H,16,20)(H,17,22,23)/t9-,10+,11?,12+/m0/s1. The van der Waals surface area contributed by atoms with Crippen LogP contribution in [0.1, 0.15) is 31.6 Å². The van der Waals surface area contributed by atoms with Crippen LogP contribution >= 0.6 is 22.6 Å². The lowest BCUT2D eigenvalue weighted by Crippen LogP contribution is -2.35. The normalized spacial score (nSPS) is 24.8. The number of ether oxygens (including phenoxy) is 1. The molecule has 0 radical (unpaired) electrons. The SMILES string of the molecule is CC(=O)NC(I)CCc1cn([C@H]2C[C@H](O)[C@@H](CO)O2)c(=O)[nH]c1=O. The van der Waals surface area contributed by atoms with Gasteiger partial charge >= 0.3 is 5.69 Å². The third kappa shape index (κ3) is 4.65. The number of nitrogens with zero attached hydrogens (tertiary/aromatic N) is 1. The Morgan fingerprint density at radius 3 is 2.88 bits per heavy atom. The summed E-state index contributed by atoms with van der Waals surface area (Å²) in [6.07, 6.45) is 0.0757. The zero-order chi connectivity index (χ0) is 17.9. The maximum atomic E-state index is 12.0. The van der Waals surface area contributed by atoms with Crippen molar-refractivity contribution in [2.24, 2.45) is 0 Å². The van der Waals surface area contributed by atoms with E-state index in [1.807, 2.05) is 0 Å².